The van der Waals surface area contributed by atoms with Crippen LogP contribution >= 0.6 is 11.3 Å². The molecule has 2 heterocycles. The molecule has 1 aliphatic rings. The molecule has 0 aliphatic carbocycles. The zero-order valence-electron chi connectivity index (χ0n) is 12.0. The minimum atomic E-state index is 0.0293. The lowest BCUT2D eigenvalue weighted by Crippen LogP contribution is -2.43. The van der Waals surface area contributed by atoms with E-state index in [-0.39, 0.29) is 5.91 Å². The summed E-state index contributed by atoms with van der Waals surface area (Å²) in [7, 11) is 0. The number of carbonyl (C=O) groups excluding carboxylic acids is 1. The van der Waals surface area contributed by atoms with E-state index in [1.807, 2.05) is 6.92 Å². The van der Waals surface area contributed by atoms with Crippen LogP contribution < -0.4 is 5.32 Å². The number of aromatic nitrogens is 1. The summed E-state index contributed by atoms with van der Waals surface area (Å²) in [4.78, 5) is 19.4. The van der Waals surface area contributed by atoms with Crippen molar-refractivity contribution in [3.05, 3.63) is 16.1 Å². The Bertz CT molecular complexity index is 430. The first-order chi connectivity index (χ1) is 9.08. The maximum atomic E-state index is 12.0. The van der Waals surface area contributed by atoms with Crippen molar-refractivity contribution in [2.24, 2.45) is 5.92 Å². The third-order valence-corrected chi connectivity index (χ3v) is 4.71. The first kappa shape index (κ1) is 14.5. The van der Waals surface area contributed by atoms with Gasteiger partial charge in [0.25, 0.3) is 5.91 Å². The number of likely N-dealkylation sites (tertiary alicyclic amines) is 1. The molecule has 106 valence electrons. The van der Waals surface area contributed by atoms with Crippen molar-refractivity contribution in [1.82, 2.24) is 15.2 Å². The summed E-state index contributed by atoms with van der Waals surface area (Å²) in [5.74, 6) is 0.606. The van der Waals surface area contributed by atoms with Gasteiger partial charge >= 0.3 is 0 Å². The number of hydrogen-bond donors (Lipinski definition) is 1. The number of carbonyl (C=O) groups is 1. The van der Waals surface area contributed by atoms with Gasteiger partial charge in [-0.3, -0.25) is 4.79 Å². The molecule has 0 saturated carbocycles. The monoisotopic (exact) mass is 281 g/mol. The second-order valence-electron chi connectivity index (χ2n) is 5.57. The smallest absolute Gasteiger partial charge is 0.263 e. The van der Waals surface area contributed by atoms with Gasteiger partial charge in [-0.2, -0.15) is 0 Å². The highest BCUT2D eigenvalue weighted by Crippen LogP contribution is 2.18. The van der Waals surface area contributed by atoms with Gasteiger partial charge in [0, 0.05) is 19.1 Å². The van der Waals surface area contributed by atoms with Crippen molar-refractivity contribution in [3.8, 4) is 0 Å². The van der Waals surface area contributed by atoms with Crippen molar-refractivity contribution >= 4 is 17.2 Å². The fourth-order valence-corrected chi connectivity index (χ4v) is 3.29. The zero-order valence-corrected chi connectivity index (χ0v) is 12.8. The topological polar surface area (TPSA) is 45.2 Å². The van der Waals surface area contributed by atoms with E-state index in [0.29, 0.717) is 12.0 Å². The van der Waals surface area contributed by atoms with Crippen LogP contribution in [0.1, 0.15) is 42.1 Å². The van der Waals surface area contributed by atoms with Crippen molar-refractivity contribution < 1.29 is 4.79 Å². The third-order valence-electron chi connectivity index (χ3n) is 3.78. The van der Waals surface area contributed by atoms with E-state index in [4.69, 9.17) is 0 Å². The SMILES string of the molecule is Cc1ncsc1C(=O)NC[C@H]1CCCN(C(C)C)C1. The highest BCUT2D eigenvalue weighted by atomic mass is 32.1. The summed E-state index contributed by atoms with van der Waals surface area (Å²) in [6.45, 7) is 9.42. The number of hydrogen-bond acceptors (Lipinski definition) is 4. The molecule has 1 saturated heterocycles. The lowest BCUT2D eigenvalue weighted by Gasteiger charge is -2.35. The number of piperidine rings is 1. The quantitative estimate of drug-likeness (QED) is 0.921. The Labute approximate surface area is 119 Å². The number of rotatable bonds is 4. The molecule has 1 atom stereocenters. The van der Waals surface area contributed by atoms with Gasteiger partial charge in [-0.15, -0.1) is 11.3 Å². The lowest BCUT2D eigenvalue weighted by molar-refractivity contribution is 0.0926. The van der Waals surface area contributed by atoms with Gasteiger partial charge in [-0.05, 0) is 46.1 Å². The van der Waals surface area contributed by atoms with E-state index in [1.165, 1.54) is 30.7 Å². The predicted molar refractivity (Wildman–Crippen MR) is 78.6 cm³/mol. The van der Waals surface area contributed by atoms with Gasteiger partial charge in [0.2, 0.25) is 0 Å². The second kappa shape index (κ2) is 6.48. The van der Waals surface area contributed by atoms with Gasteiger partial charge in [0.15, 0.2) is 0 Å². The van der Waals surface area contributed by atoms with Crippen LogP contribution in [0.5, 0.6) is 0 Å². The molecule has 1 amide bonds. The Morgan fingerprint density at radius 2 is 2.42 bits per heavy atom. The molecule has 4 nitrogen and oxygen atoms in total. The van der Waals surface area contributed by atoms with Crippen molar-refractivity contribution in [1.29, 1.82) is 0 Å². The normalized spacial score (nSPS) is 20.7. The standard InChI is InChI=1S/C14H23N3OS/c1-10(2)17-6-4-5-12(8-17)7-15-14(18)13-11(3)16-9-19-13/h9-10,12H,4-8H2,1-3H3,(H,15,18)/t12-/m1/s1. The number of nitrogens with zero attached hydrogens (tertiary/aromatic N) is 2. The van der Waals surface area contributed by atoms with Gasteiger partial charge < -0.3 is 10.2 Å². The van der Waals surface area contributed by atoms with Crippen LogP contribution in [0.15, 0.2) is 5.51 Å². The number of nitrogens with one attached hydrogen (secondary N) is 1. The molecular weight excluding hydrogens is 258 g/mol. The van der Waals surface area contributed by atoms with Crippen LogP contribution in [0.4, 0.5) is 0 Å². The molecule has 1 N–H and O–H groups in total. The van der Waals surface area contributed by atoms with Crippen LogP contribution in [0, 0.1) is 12.8 Å². The number of aryl methyl sites for hydroxylation is 1. The van der Waals surface area contributed by atoms with Crippen molar-refractivity contribution in [2.75, 3.05) is 19.6 Å². The van der Waals surface area contributed by atoms with Crippen LogP contribution in [0.2, 0.25) is 0 Å². The summed E-state index contributed by atoms with van der Waals surface area (Å²) in [5, 5.41) is 3.06. The van der Waals surface area contributed by atoms with E-state index >= 15 is 0 Å². The molecule has 1 fully saturated rings. The van der Waals surface area contributed by atoms with Crippen LogP contribution in [0.3, 0.4) is 0 Å². The van der Waals surface area contributed by atoms with Crippen LogP contribution in [-0.4, -0.2) is 41.5 Å². The highest BCUT2D eigenvalue weighted by Gasteiger charge is 2.22. The van der Waals surface area contributed by atoms with E-state index in [2.05, 4.69) is 29.0 Å². The average Bonchev–Trinajstić information content (AvgIpc) is 2.82. The van der Waals surface area contributed by atoms with Crippen molar-refractivity contribution in [2.45, 2.75) is 39.7 Å². The van der Waals surface area contributed by atoms with Gasteiger partial charge in [0.05, 0.1) is 11.2 Å². The fraction of sp³-hybridized carbons (Fsp3) is 0.714. The summed E-state index contributed by atoms with van der Waals surface area (Å²) >= 11 is 1.42. The van der Waals surface area contributed by atoms with E-state index in [0.717, 1.165) is 23.7 Å². The maximum absolute atomic E-state index is 12.0. The Hall–Kier alpha value is -0.940. The van der Waals surface area contributed by atoms with Crippen LogP contribution in [0.25, 0.3) is 0 Å². The Morgan fingerprint density at radius 3 is 3.05 bits per heavy atom. The summed E-state index contributed by atoms with van der Waals surface area (Å²) in [5.41, 5.74) is 2.56. The first-order valence-electron chi connectivity index (χ1n) is 7.00. The molecule has 2 rings (SSSR count). The van der Waals surface area contributed by atoms with E-state index in [9.17, 15) is 4.79 Å². The van der Waals surface area contributed by atoms with Gasteiger partial charge in [-0.1, -0.05) is 0 Å². The molecule has 5 heteroatoms. The average molecular weight is 281 g/mol. The predicted octanol–water partition coefficient (Wildman–Crippen LogP) is 2.30. The Morgan fingerprint density at radius 1 is 1.63 bits per heavy atom. The third kappa shape index (κ3) is 3.76. The molecule has 19 heavy (non-hydrogen) atoms. The van der Waals surface area contributed by atoms with Crippen LogP contribution in [-0.2, 0) is 0 Å². The Kier molecular flexibility index (Phi) is 4.93. The van der Waals surface area contributed by atoms with E-state index < -0.39 is 0 Å². The first-order valence-corrected chi connectivity index (χ1v) is 7.88. The molecule has 0 aromatic carbocycles. The molecule has 0 radical (unpaired) electrons. The molecule has 1 aromatic heterocycles. The van der Waals surface area contributed by atoms with Crippen molar-refractivity contribution in [3.63, 3.8) is 0 Å². The number of amides is 1. The lowest BCUT2D eigenvalue weighted by atomic mass is 9.97. The van der Waals surface area contributed by atoms with Gasteiger partial charge in [0.1, 0.15) is 4.88 Å². The fourth-order valence-electron chi connectivity index (χ4n) is 2.57. The minimum absolute atomic E-state index is 0.0293. The second-order valence-corrected chi connectivity index (χ2v) is 6.43. The molecule has 0 unspecified atom stereocenters. The minimum Gasteiger partial charge on any atom is -0.351 e. The summed E-state index contributed by atoms with van der Waals surface area (Å²) in [6, 6.07) is 0.599. The highest BCUT2D eigenvalue weighted by molar-refractivity contribution is 7.11. The van der Waals surface area contributed by atoms with Gasteiger partial charge in [-0.25, -0.2) is 4.98 Å². The molecule has 1 aromatic rings. The van der Waals surface area contributed by atoms with E-state index in [1.54, 1.807) is 5.51 Å². The summed E-state index contributed by atoms with van der Waals surface area (Å²) in [6.07, 6.45) is 2.45. The molecule has 0 spiro atoms. The molecular formula is C14H23N3OS. The maximum Gasteiger partial charge on any atom is 0.263 e. The molecule has 0 bridgehead atoms. The summed E-state index contributed by atoms with van der Waals surface area (Å²) < 4.78 is 0. The molecule has 1 aliphatic heterocycles. The zero-order chi connectivity index (χ0) is 13.8. The number of thiazole rings is 1. The Balaban J connectivity index is 1.82. The largest absolute Gasteiger partial charge is 0.351 e.